The van der Waals surface area contributed by atoms with Gasteiger partial charge >= 0.3 is 0 Å². The number of nitrogens with one attached hydrogen (secondary N) is 2. The first-order chi connectivity index (χ1) is 10.1. The monoisotopic (exact) mass is 302 g/mol. The van der Waals surface area contributed by atoms with Crippen molar-refractivity contribution in [1.82, 2.24) is 15.1 Å². The van der Waals surface area contributed by atoms with E-state index in [9.17, 15) is 4.79 Å². The summed E-state index contributed by atoms with van der Waals surface area (Å²) in [6, 6.07) is 9.16. The maximum Gasteiger partial charge on any atom is 0.170 e. The zero-order chi connectivity index (χ0) is 15.1. The van der Waals surface area contributed by atoms with E-state index in [1.54, 1.807) is 25.3 Å². The molecule has 6 heteroatoms. The van der Waals surface area contributed by atoms with E-state index in [0.29, 0.717) is 10.7 Å². The molecule has 110 valence electrons. The lowest BCUT2D eigenvalue weighted by atomic mass is 10.1. The highest BCUT2D eigenvalue weighted by atomic mass is 32.1. The van der Waals surface area contributed by atoms with Crippen LogP contribution in [0.2, 0.25) is 0 Å². The fourth-order valence-corrected chi connectivity index (χ4v) is 2.06. The van der Waals surface area contributed by atoms with Crippen molar-refractivity contribution in [3.05, 3.63) is 48.3 Å². The van der Waals surface area contributed by atoms with E-state index in [1.807, 2.05) is 29.1 Å². The van der Waals surface area contributed by atoms with Gasteiger partial charge in [-0.1, -0.05) is 0 Å². The lowest BCUT2D eigenvalue weighted by molar-refractivity contribution is 0.101. The minimum atomic E-state index is 0.0564. The molecular weight excluding hydrogens is 284 g/mol. The van der Waals surface area contributed by atoms with Crippen LogP contribution in [0.3, 0.4) is 0 Å². The molecule has 2 rings (SSSR count). The minimum absolute atomic E-state index is 0.0564. The van der Waals surface area contributed by atoms with E-state index >= 15 is 0 Å². The Balaban J connectivity index is 1.70. The minimum Gasteiger partial charge on any atom is -0.362 e. The van der Waals surface area contributed by atoms with Gasteiger partial charge in [-0.3, -0.25) is 9.48 Å². The van der Waals surface area contributed by atoms with Gasteiger partial charge in [-0.15, -0.1) is 0 Å². The van der Waals surface area contributed by atoms with Gasteiger partial charge in [-0.05, 0) is 55.9 Å². The molecule has 1 heterocycles. The van der Waals surface area contributed by atoms with Gasteiger partial charge in [-0.25, -0.2) is 0 Å². The zero-order valence-corrected chi connectivity index (χ0v) is 12.7. The third-order valence-electron chi connectivity index (χ3n) is 2.96. The number of hydrogen-bond donors (Lipinski definition) is 2. The summed E-state index contributed by atoms with van der Waals surface area (Å²) in [5.74, 6) is 0.0564. The van der Waals surface area contributed by atoms with E-state index in [4.69, 9.17) is 12.2 Å². The van der Waals surface area contributed by atoms with Crippen molar-refractivity contribution >= 4 is 28.8 Å². The van der Waals surface area contributed by atoms with Gasteiger partial charge in [0.1, 0.15) is 0 Å². The molecule has 5 nitrogen and oxygen atoms in total. The van der Waals surface area contributed by atoms with Gasteiger partial charge in [0.25, 0.3) is 0 Å². The number of carbonyl (C=O) groups is 1. The molecule has 0 unspecified atom stereocenters. The predicted octanol–water partition coefficient (Wildman–Crippen LogP) is 2.46. The Morgan fingerprint density at radius 3 is 2.71 bits per heavy atom. The van der Waals surface area contributed by atoms with Crippen molar-refractivity contribution < 1.29 is 4.79 Å². The van der Waals surface area contributed by atoms with Gasteiger partial charge < -0.3 is 10.6 Å². The van der Waals surface area contributed by atoms with Gasteiger partial charge in [-0.2, -0.15) is 5.10 Å². The molecule has 21 heavy (non-hydrogen) atoms. The lowest BCUT2D eigenvalue weighted by Crippen LogP contribution is -2.29. The van der Waals surface area contributed by atoms with Crippen LogP contribution < -0.4 is 10.6 Å². The highest BCUT2D eigenvalue weighted by molar-refractivity contribution is 7.80. The van der Waals surface area contributed by atoms with Crippen LogP contribution in [-0.2, 0) is 6.54 Å². The Bertz CT molecular complexity index is 593. The van der Waals surface area contributed by atoms with Crippen LogP contribution in [0.5, 0.6) is 0 Å². The summed E-state index contributed by atoms with van der Waals surface area (Å²) in [6.07, 6.45) is 4.64. The van der Waals surface area contributed by atoms with Gasteiger partial charge in [0.05, 0.1) is 0 Å². The summed E-state index contributed by atoms with van der Waals surface area (Å²) in [4.78, 5) is 11.2. The maximum absolute atomic E-state index is 11.2. The fraction of sp³-hybridized carbons (Fsp3) is 0.267. The molecule has 0 aliphatic carbocycles. The highest BCUT2D eigenvalue weighted by Gasteiger charge is 2.00. The summed E-state index contributed by atoms with van der Waals surface area (Å²) in [6.45, 7) is 3.18. The highest BCUT2D eigenvalue weighted by Crippen LogP contribution is 2.09. The van der Waals surface area contributed by atoms with E-state index in [0.717, 1.165) is 25.2 Å². The summed E-state index contributed by atoms with van der Waals surface area (Å²) in [5.41, 5.74) is 1.56. The molecule has 0 aliphatic heterocycles. The number of anilines is 1. The topological polar surface area (TPSA) is 59.0 Å². The van der Waals surface area contributed by atoms with Crippen molar-refractivity contribution in [2.24, 2.45) is 0 Å². The van der Waals surface area contributed by atoms with Crippen molar-refractivity contribution in [2.45, 2.75) is 19.9 Å². The number of benzene rings is 1. The first kappa shape index (κ1) is 15.2. The molecule has 0 amide bonds. The molecule has 2 aromatic rings. The molecule has 0 fully saturated rings. The van der Waals surface area contributed by atoms with E-state index in [2.05, 4.69) is 15.7 Å². The van der Waals surface area contributed by atoms with Crippen molar-refractivity contribution in [1.29, 1.82) is 0 Å². The summed E-state index contributed by atoms with van der Waals surface area (Å²) in [7, 11) is 0. The van der Waals surface area contributed by atoms with E-state index in [1.165, 1.54) is 0 Å². The number of thiocarbonyl (C=S) groups is 1. The van der Waals surface area contributed by atoms with Crippen molar-refractivity contribution in [3.8, 4) is 0 Å². The molecule has 0 saturated carbocycles. The SMILES string of the molecule is CC(=O)c1ccc(NC(=S)NCCCn2cccn2)cc1. The van der Waals surface area contributed by atoms with Crippen molar-refractivity contribution in [3.63, 3.8) is 0 Å². The normalized spacial score (nSPS) is 10.1. The standard InChI is InChI=1S/C15H18N4OS/c1-12(20)13-4-6-14(7-5-13)18-15(21)16-8-2-10-19-11-3-9-17-19/h3-7,9,11H,2,8,10H2,1H3,(H2,16,18,21). The van der Waals surface area contributed by atoms with Gasteiger partial charge in [0, 0.05) is 36.7 Å². The van der Waals surface area contributed by atoms with Gasteiger partial charge in [0.2, 0.25) is 0 Å². The number of carbonyl (C=O) groups excluding carboxylic acids is 1. The third kappa shape index (κ3) is 5.00. The smallest absolute Gasteiger partial charge is 0.170 e. The first-order valence-corrected chi connectivity index (χ1v) is 7.19. The summed E-state index contributed by atoms with van der Waals surface area (Å²) >= 11 is 5.22. The molecule has 0 radical (unpaired) electrons. The second-order valence-electron chi connectivity index (χ2n) is 4.64. The van der Waals surface area contributed by atoms with Crippen LogP contribution in [-0.4, -0.2) is 27.2 Å². The van der Waals surface area contributed by atoms with Gasteiger partial charge in [0.15, 0.2) is 10.9 Å². The Morgan fingerprint density at radius 1 is 1.33 bits per heavy atom. The Labute approximate surface area is 129 Å². The van der Waals surface area contributed by atoms with Crippen LogP contribution in [0.15, 0.2) is 42.7 Å². The Kier molecular flexibility index (Phi) is 5.45. The molecule has 1 aromatic carbocycles. The second kappa shape index (κ2) is 7.54. The summed E-state index contributed by atoms with van der Waals surface area (Å²) in [5, 5.41) is 10.9. The van der Waals surface area contributed by atoms with Crippen LogP contribution >= 0.6 is 12.2 Å². The average molecular weight is 302 g/mol. The molecule has 0 atom stereocenters. The number of ketones is 1. The largest absolute Gasteiger partial charge is 0.362 e. The quantitative estimate of drug-likeness (QED) is 0.488. The lowest BCUT2D eigenvalue weighted by Gasteiger charge is -2.10. The van der Waals surface area contributed by atoms with Crippen LogP contribution in [0.4, 0.5) is 5.69 Å². The molecule has 0 spiro atoms. The summed E-state index contributed by atoms with van der Waals surface area (Å²) < 4.78 is 1.89. The predicted molar refractivity (Wildman–Crippen MR) is 87.5 cm³/mol. The first-order valence-electron chi connectivity index (χ1n) is 6.78. The van der Waals surface area contributed by atoms with Crippen LogP contribution in [0.25, 0.3) is 0 Å². The number of nitrogens with zero attached hydrogens (tertiary/aromatic N) is 2. The molecular formula is C15H18N4OS. The van der Waals surface area contributed by atoms with E-state index in [-0.39, 0.29) is 5.78 Å². The number of aromatic nitrogens is 2. The Hall–Kier alpha value is -2.21. The number of rotatable bonds is 6. The van der Waals surface area contributed by atoms with Crippen LogP contribution in [0, 0.1) is 0 Å². The molecule has 2 N–H and O–H groups in total. The zero-order valence-electron chi connectivity index (χ0n) is 11.9. The van der Waals surface area contributed by atoms with E-state index < -0.39 is 0 Å². The molecule has 0 bridgehead atoms. The Morgan fingerprint density at radius 2 is 2.10 bits per heavy atom. The fourth-order valence-electron chi connectivity index (χ4n) is 1.84. The molecule has 0 saturated heterocycles. The molecule has 1 aromatic heterocycles. The average Bonchev–Trinajstić information content (AvgIpc) is 2.97. The maximum atomic E-state index is 11.2. The number of aryl methyl sites for hydroxylation is 1. The number of hydrogen-bond acceptors (Lipinski definition) is 3. The molecule has 0 aliphatic rings. The third-order valence-corrected chi connectivity index (χ3v) is 3.20. The van der Waals surface area contributed by atoms with Crippen molar-refractivity contribution in [2.75, 3.05) is 11.9 Å². The van der Waals surface area contributed by atoms with Crippen LogP contribution in [0.1, 0.15) is 23.7 Å². The number of Topliss-reactive ketones (excluding diaryl/α,β-unsaturated/α-hetero) is 1. The second-order valence-corrected chi connectivity index (χ2v) is 5.05.